The molecule has 0 bridgehead atoms. The maximum absolute atomic E-state index is 11.7. The highest BCUT2D eigenvalue weighted by Crippen LogP contribution is 2.26. The molecule has 6 heteroatoms. The Morgan fingerprint density at radius 3 is 2.83 bits per heavy atom. The topological polar surface area (TPSA) is 86.5 Å². The number of benzene rings is 1. The van der Waals surface area contributed by atoms with E-state index in [0.717, 1.165) is 5.56 Å². The third-order valence-corrected chi connectivity index (χ3v) is 3.09. The number of methoxy groups -OCH3 is 1. The summed E-state index contributed by atoms with van der Waals surface area (Å²) in [5.74, 6) is 1.66. The SMILES string of the molecule is COc1cccc(Oc2ncccc2CNC(=O)CC(C)N)c1. The smallest absolute Gasteiger partial charge is 0.224 e. The van der Waals surface area contributed by atoms with Gasteiger partial charge in [0.2, 0.25) is 11.8 Å². The molecule has 0 spiro atoms. The Balaban J connectivity index is 2.06. The maximum atomic E-state index is 11.7. The molecule has 0 radical (unpaired) electrons. The van der Waals surface area contributed by atoms with E-state index in [4.69, 9.17) is 15.2 Å². The Hall–Kier alpha value is -2.60. The molecule has 1 amide bonds. The van der Waals surface area contributed by atoms with Crippen LogP contribution in [-0.2, 0) is 11.3 Å². The Morgan fingerprint density at radius 1 is 1.30 bits per heavy atom. The third-order valence-electron chi connectivity index (χ3n) is 3.09. The van der Waals surface area contributed by atoms with Crippen molar-refractivity contribution >= 4 is 5.91 Å². The normalized spacial score (nSPS) is 11.6. The van der Waals surface area contributed by atoms with E-state index in [1.165, 1.54) is 0 Å². The number of ether oxygens (including phenoxy) is 2. The van der Waals surface area contributed by atoms with Crippen LogP contribution in [0.4, 0.5) is 0 Å². The highest BCUT2D eigenvalue weighted by atomic mass is 16.5. The molecule has 3 N–H and O–H groups in total. The quantitative estimate of drug-likeness (QED) is 0.818. The van der Waals surface area contributed by atoms with E-state index in [1.54, 1.807) is 32.4 Å². The van der Waals surface area contributed by atoms with Crippen LogP contribution >= 0.6 is 0 Å². The molecular formula is C17H21N3O3. The van der Waals surface area contributed by atoms with Crippen molar-refractivity contribution in [2.75, 3.05) is 7.11 Å². The summed E-state index contributed by atoms with van der Waals surface area (Å²) in [6.45, 7) is 2.12. The first-order valence-electron chi connectivity index (χ1n) is 7.36. The molecule has 0 aliphatic rings. The van der Waals surface area contributed by atoms with Crippen LogP contribution in [0.25, 0.3) is 0 Å². The molecular weight excluding hydrogens is 294 g/mol. The van der Waals surface area contributed by atoms with Crippen LogP contribution in [0.2, 0.25) is 0 Å². The van der Waals surface area contributed by atoms with E-state index in [9.17, 15) is 4.79 Å². The van der Waals surface area contributed by atoms with Gasteiger partial charge in [0, 0.05) is 36.8 Å². The second kappa shape index (κ2) is 8.14. The summed E-state index contributed by atoms with van der Waals surface area (Å²) in [6, 6.07) is 10.7. The zero-order valence-corrected chi connectivity index (χ0v) is 13.3. The van der Waals surface area contributed by atoms with Gasteiger partial charge in [-0.2, -0.15) is 0 Å². The average molecular weight is 315 g/mol. The molecule has 0 saturated heterocycles. The van der Waals surface area contributed by atoms with Crippen LogP contribution in [0.5, 0.6) is 17.4 Å². The molecule has 0 aliphatic carbocycles. The molecule has 1 aromatic heterocycles. The number of hydrogen-bond donors (Lipinski definition) is 2. The number of aromatic nitrogens is 1. The second-order valence-electron chi connectivity index (χ2n) is 5.21. The van der Waals surface area contributed by atoms with Crippen molar-refractivity contribution in [2.45, 2.75) is 25.9 Å². The number of amides is 1. The fourth-order valence-corrected chi connectivity index (χ4v) is 1.99. The molecule has 0 fully saturated rings. The van der Waals surface area contributed by atoms with Gasteiger partial charge in [0.1, 0.15) is 11.5 Å². The van der Waals surface area contributed by atoms with Gasteiger partial charge in [0.25, 0.3) is 0 Å². The monoisotopic (exact) mass is 315 g/mol. The first kappa shape index (κ1) is 16.8. The Kier molecular flexibility index (Phi) is 5.94. The molecule has 0 aliphatic heterocycles. The molecule has 2 rings (SSSR count). The number of carbonyl (C=O) groups excluding carboxylic acids is 1. The number of pyridine rings is 1. The minimum absolute atomic E-state index is 0.101. The van der Waals surface area contributed by atoms with E-state index in [-0.39, 0.29) is 18.4 Å². The summed E-state index contributed by atoms with van der Waals surface area (Å²) in [5, 5.41) is 2.82. The molecule has 1 heterocycles. The highest BCUT2D eigenvalue weighted by molar-refractivity contribution is 5.76. The van der Waals surface area contributed by atoms with E-state index < -0.39 is 0 Å². The average Bonchev–Trinajstić information content (AvgIpc) is 2.53. The number of nitrogens with two attached hydrogens (primary N) is 1. The third kappa shape index (κ3) is 5.27. The standard InChI is InChI=1S/C17H21N3O3/c1-12(18)9-16(21)20-11-13-5-4-8-19-17(13)23-15-7-3-6-14(10-15)22-2/h3-8,10,12H,9,11,18H2,1-2H3,(H,20,21). The van der Waals surface area contributed by atoms with Crippen LogP contribution in [0.3, 0.4) is 0 Å². The van der Waals surface area contributed by atoms with Crippen molar-refractivity contribution < 1.29 is 14.3 Å². The van der Waals surface area contributed by atoms with Gasteiger partial charge in [-0.3, -0.25) is 4.79 Å². The first-order valence-corrected chi connectivity index (χ1v) is 7.36. The zero-order chi connectivity index (χ0) is 16.7. The number of hydrogen-bond acceptors (Lipinski definition) is 5. The van der Waals surface area contributed by atoms with Crippen LogP contribution in [0.1, 0.15) is 18.9 Å². The Morgan fingerprint density at radius 2 is 2.09 bits per heavy atom. The summed E-state index contributed by atoms with van der Waals surface area (Å²) in [4.78, 5) is 15.9. The molecule has 2 aromatic rings. The number of carbonyl (C=O) groups is 1. The van der Waals surface area contributed by atoms with Gasteiger partial charge in [-0.25, -0.2) is 4.98 Å². The number of rotatable bonds is 7. The van der Waals surface area contributed by atoms with Crippen molar-refractivity contribution in [1.29, 1.82) is 0 Å². The molecule has 1 unspecified atom stereocenters. The molecule has 122 valence electrons. The predicted molar refractivity (Wildman–Crippen MR) is 87.4 cm³/mol. The van der Waals surface area contributed by atoms with Gasteiger partial charge in [0.15, 0.2) is 0 Å². The fraction of sp³-hybridized carbons (Fsp3) is 0.294. The lowest BCUT2D eigenvalue weighted by Gasteiger charge is -2.12. The van der Waals surface area contributed by atoms with Gasteiger partial charge in [-0.15, -0.1) is 0 Å². The van der Waals surface area contributed by atoms with Gasteiger partial charge in [-0.05, 0) is 25.1 Å². The minimum Gasteiger partial charge on any atom is -0.497 e. The largest absolute Gasteiger partial charge is 0.497 e. The summed E-state index contributed by atoms with van der Waals surface area (Å²) < 4.78 is 11.0. The van der Waals surface area contributed by atoms with E-state index in [0.29, 0.717) is 23.9 Å². The summed E-state index contributed by atoms with van der Waals surface area (Å²) in [5.41, 5.74) is 6.40. The molecule has 23 heavy (non-hydrogen) atoms. The van der Waals surface area contributed by atoms with Crippen LogP contribution in [0.15, 0.2) is 42.6 Å². The lowest BCUT2D eigenvalue weighted by atomic mass is 10.2. The Labute approximate surface area is 135 Å². The minimum atomic E-state index is -0.170. The predicted octanol–water partition coefficient (Wildman–Crippen LogP) is 2.24. The molecule has 6 nitrogen and oxygen atoms in total. The Bertz CT molecular complexity index is 659. The van der Waals surface area contributed by atoms with Gasteiger partial charge >= 0.3 is 0 Å². The summed E-state index contributed by atoms with van der Waals surface area (Å²) in [6.07, 6.45) is 1.93. The zero-order valence-electron chi connectivity index (χ0n) is 13.3. The van der Waals surface area contributed by atoms with Crippen LogP contribution < -0.4 is 20.5 Å². The molecule has 0 saturated carbocycles. The van der Waals surface area contributed by atoms with E-state index in [1.807, 2.05) is 24.3 Å². The van der Waals surface area contributed by atoms with Crippen LogP contribution in [0, 0.1) is 0 Å². The van der Waals surface area contributed by atoms with Gasteiger partial charge in [-0.1, -0.05) is 12.1 Å². The lowest BCUT2D eigenvalue weighted by Crippen LogP contribution is -2.29. The van der Waals surface area contributed by atoms with Gasteiger partial charge < -0.3 is 20.5 Å². The molecule has 1 atom stereocenters. The van der Waals surface area contributed by atoms with E-state index in [2.05, 4.69) is 10.3 Å². The highest BCUT2D eigenvalue weighted by Gasteiger charge is 2.09. The molecule has 1 aromatic carbocycles. The van der Waals surface area contributed by atoms with Crippen LogP contribution in [-0.4, -0.2) is 24.0 Å². The summed E-state index contributed by atoms with van der Waals surface area (Å²) in [7, 11) is 1.60. The maximum Gasteiger partial charge on any atom is 0.224 e. The number of nitrogens with one attached hydrogen (secondary N) is 1. The van der Waals surface area contributed by atoms with Crippen molar-refractivity contribution in [3.05, 3.63) is 48.2 Å². The second-order valence-corrected chi connectivity index (χ2v) is 5.21. The number of nitrogens with zero attached hydrogens (tertiary/aromatic N) is 1. The summed E-state index contributed by atoms with van der Waals surface area (Å²) >= 11 is 0. The van der Waals surface area contributed by atoms with Gasteiger partial charge in [0.05, 0.1) is 7.11 Å². The first-order chi connectivity index (χ1) is 11.1. The van der Waals surface area contributed by atoms with Crippen molar-refractivity contribution in [3.63, 3.8) is 0 Å². The van der Waals surface area contributed by atoms with Crippen molar-refractivity contribution in [1.82, 2.24) is 10.3 Å². The fourth-order valence-electron chi connectivity index (χ4n) is 1.99. The van der Waals surface area contributed by atoms with Crippen molar-refractivity contribution in [3.8, 4) is 17.4 Å². The lowest BCUT2D eigenvalue weighted by molar-refractivity contribution is -0.121. The van der Waals surface area contributed by atoms with E-state index >= 15 is 0 Å². The van der Waals surface area contributed by atoms with Crippen molar-refractivity contribution in [2.24, 2.45) is 5.73 Å².